The minimum absolute atomic E-state index is 0.444. The van der Waals surface area contributed by atoms with Crippen LogP contribution in [0.3, 0.4) is 0 Å². The van der Waals surface area contributed by atoms with Crippen LogP contribution in [0.4, 0.5) is 0 Å². The first-order valence-corrected chi connectivity index (χ1v) is 4.43. The molecule has 5 heteroatoms. The Kier molecular flexibility index (Phi) is 5.87. The average Bonchev–Trinajstić information content (AvgIpc) is 1.99. The van der Waals surface area contributed by atoms with Crippen molar-refractivity contribution in [1.29, 1.82) is 0 Å². The first kappa shape index (κ1) is 10.1. The van der Waals surface area contributed by atoms with Gasteiger partial charge in [0.05, 0.1) is 7.11 Å². The van der Waals surface area contributed by atoms with Crippen LogP contribution in [-0.4, -0.2) is 25.1 Å². The number of hydrogen-bond acceptors (Lipinski definition) is 4. The van der Waals surface area contributed by atoms with Crippen molar-refractivity contribution in [3.63, 3.8) is 0 Å². The van der Waals surface area contributed by atoms with E-state index in [9.17, 15) is 4.79 Å². The molecule has 0 radical (unpaired) electrons. The fourth-order valence-electron chi connectivity index (χ4n) is 0.378. The van der Waals surface area contributed by atoms with Crippen molar-refractivity contribution in [1.82, 2.24) is 0 Å². The molecule has 10 heavy (non-hydrogen) atoms. The predicted molar refractivity (Wildman–Crippen MR) is 40.9 cm³/mol. The monoisotopic (exact) mass is 184 g/mol. The maximum Gasteiger partial charge on any atom is 0.346 e. The van der Waals surface area contributed by atoms with Crippen LogP contribution >= 0.6 is 21.7 Å². The van der Waals surface area contributed by atoms with Gasteiger partial charge in [0.1, 0.15) is 0 Å². The Balaban J connectivity index is 3.68. The lowest BCUT2D eigenvalue weighted by Crippen LogP contribution is -2.20. The molecule has 1 unspecified atom stereocenters. The third kappa shape index (κ3) is 3.29. The molecule has 0 heterocycles. The van der Waals surface area contributed by atoms with Crippen LogP contribution < -0.4 is 0 Å². The highest BCUT2D eigenvalue weighted by Crippen LogP contribution is 2.17. The maximum absolute atomic E-state index is 10.7. The average molecular weight is 185 g/mol. The molecule has 0 aliphatic heterocycles. The number of halogens is 1. The van der Waals surface area contributed by atoms with Crippen molar-refractivity contribution in [3.8, 4) is 0 Å². The summed E-state index contributed by atoms with van der Waals surface area (Å²) in [7, 11) is 7.41. The molecule has 0 aromatic rings. The second kappa shape index (κ2) is 5.82. The number of ether oxygens (including phenoxy) is 2. The van der Waals surface area contributed by atoms with Gasteiger partial charge >= 0.3 is 5.97 Å². The SMILES string of the molecule is CCOC(SCl)C(=O)OC. The molecule has 0 aliphatic rings. The van der Waals surface area contributed by atoms with Gasteiger partial charge in [0, 0.05) is 6.61 Å². The molecular formula is C5H9ClO3S. The predicted octanol–water partition coefficient (Wildman–Crippen LogP) is 1.41. The van der Waals surface area contributed by atoms with E-state index in [0.29, 0.717) is 6.61 Å². The highest BCUT2D eigenvalue weighted by Gasteiger charge is 2.18. The van der Waals surface area contributed by atoms with Crippen molar-refractivity contribution in [3.05, 3.63) is 0 Å². The van der Waals surface area contributed by atoms with E-state index < -0.39 is 11.4 Å². The van der Waals surface area contributed by atoms with Crippen molar-refractivity contribution < 1.29 is 14.3 Å². The highest BCUT2D eigenvalue weighted by molar-refractivity contribution is 8.21. The van der Waals surface area contributed by atoms with Gasteiger partial charge in [-0.1, -0.05) is 0 Å². The molecule has 0 fully saturated rings. The summed E-state index contributed by atoms with van der Waals surface area (Å²) in [4.78, 5) is 10.7. The molecular weight excluding hydrogens is 176 g/mol. The number of methoxy groups -OCH3 is 1. The Morgan fingerprint density at radius 3 is 2.70 bits per heavy atom. The maximum atomic E-state index is 10.7. The summed E-state index contributed by atoms with van der Waals surface area (Å²) >= 11 is 0. The van der Waals surface area contributed by atoms with Gasteiger partial charge in [-0.15, -0.1) is 0 Å². The molecule has 0 spiro atoms. The van der Waals surface area contributed by atoms with Gasteiger partial charge in [0.25, 0.3) is 0 Å². The summed E-state index contributed by atoms with van der Waals surface area (Å²) in [6, 6.07) is 0. The molecule has 0 aromatic heterocycles. The highest BCUT2D eigenvalue weighted by atomic mass is 35.7. The third-order valence-electron chi connectivity index (χ3n) is 0.793. The van der Waals surface area contributed by atoms with Crippen molar-refractivity contribution in [2.24, 2.45) is 0 Å². The Morgan fingerprint density at radius 1 is 1.80 bits per heavy atom. The second-order valence-electron chi connectivity index (χ2n) is 1.40. The van der Waals surface area contributed by atoms with Gasteiger partial charge in [-0.2, -0.15) is 0 Å². The Morgan fingerprint density at radius 2 is 2.40 bits per heavy atom. The molecule has 0 aliphatic carbocycles. The number of carbonyl (C=O) groups is 1. The Labute approximate surface area is 68.5 Å². The van der Waals surface area contributed by atoms with Crippen molar-refractivity contribution in [2.75, 3.05) is 13.7 Å². The lowest BCUT2D eigenvalue weighted by atomic mass is 10.7. The van der Waals surface area contributed by atoms with E-state index >= 15 is 0 Å². The summed E-state index contributed by atoms with van der Waals surface area (Å²) in [5, 5.41) is 0. The molecule has 0 aromatic carbocycles. The van der Waals surface area contributed by atoms with E-state index in [-0.39, 0.29) is 0 Å². The summed E-state index contributed by atoms with van der Waals surface area (Å²) in [6.45, 7) is 2.22. The van der Waals surface area contributed by atoms with Crippen LogP contribution in [0.1, 0.15) is 6.92 Å². The molecule has 0 amide bonds. The normalized spacial score (nSPS) is 12.7. The molecule has 0 rings (SSSR count). The Bertz CT molecular complexity index is 109. The fraction of sp³-hybridized carbons (Fsp3) is 0.800. The number of esters is 1. The summed E-state index contributed by atoms with van der Waals surface area (Å²) in [5.41, 5.74) is -0.698. The lowest BCUT2D eigenvalue weighted by Gasteiger charge is -2.08. The number of carbonyl (C=O) groups excluding carboxylic acids is 1. The zero-order valence-electron chi connectivity index (χ0n) is 5.80. The molecule has 0 N–H and O–H groups in total. The van der Waals surface area contributed by atoms with E-state index in [2.05, 4.69) is 4.74 Å². The molecule has 3 nitrogen and oxygen atoms in total. The van der Waals surface area contributed by atoms with Crippen molar-refractivity contribution >= 4 is 27.6 Å². The minimum Gasteiger partial charge on any atom is -0.466 e. The summed E-state index contributed by atoms with van der Waals surface area (Å²) in [6.07, 6.45) is 0. The molecule has 0 saturated carbocycles. The van der Waals surface area contributed by atoms with E-state index in [0.717, 1.165) is 11.0 Å². The van der Waals surface area contributed by atoms with Crippen LogP contribution in [0.2, 0.25) is 0 Å². The fourth-order valence-corrected chi connectivity index (χ4v) is 1.11. The standard InChI is InChI=1S/C5H9ClO3S/c1-3-9-5(10-6)4(7)8-2/h5H,3H2,1-2H3. The van der Waals surface area contributed by atoms with E-state index in [1.807, 2.05) is 0 Å². The second-order valence-corrected chi connectivity index (χ2v) is 2.54. The van der Waals surface area contributed by atoms with Gasteiger partial charge in [0.15, 0.2) is 0 Å². The van der Waals surface area contributed by atoms with Crippen LogP contribution in [-0.2, 0) is 14.3 Å². The quantitative estimate of drug-likeness (QED) is 0.489. The van der Waals surface area contributed by atoms with Gasteiger partial charge in [-0.3, -0.25) is 0 Å². The van der Waals surface area contributed by atoms with Crippen LogP contribution in [0.25, 0.3) is 0 Å². The largest absolute Gasteiger partial charge is 0.466 e. The summed E-state index contributed by atoms with van der Waals surface area (Å²) < 4.78 is 9.29. The van der Waals surface area contributed by atoms with Crippen LogP contribution in [0.5, 0.6) is 0 Å². The van der Waals surface area contributed by atoms with Crippen molar-refractivity contribution in [2.45, 2.75) is 12.4 Å². The topological polar surface area (TPSA) is 35.5 Å². The lowest BCUT2D eigenvalue weighted by molar-refractivity contribution is -0.147. The smallest absolute Gasteiger partial charge is 0.346 e. The first-order valence-electron chi connectivity index (χ1n) is 2.73. The molecule has 0 saturated heterocycles. The molecule has 60 valence electrons. The summed E-state index contributed by atoms with van der Waals surface area (Å²) in [5.74, 6) is -0.457. The number of rotatable bonds is 4. The van der Waals surface area contributed by atoms with Gasteiger partial charge in [-0.25, -0.2) is 4.79 Å². The number of hydrogen-bond donors (Lipinski definition) is 0. The zero-order valence-corrected chi connectivity index (χ0v) is 7.37. The van der Waals surface area contributed by atoms with E-state index in [1.165, 1.54) is 7.11 Å². The van der Waals surface area contributed by atoms with Crippen LogP contribution in [0.15, 0.2) is 0 Å². The molecule has 1 atom stereocenters. The third-order valence-corrected chi connectivity index (χ3v) is 1.77. The van der Waals surface area contributed by atoms with Crippen LogP contribution in [0, 0.1) is 0 Å². The minimum atomic E-state index is -0.698. The van der Waals surface area contributed by atoms with E-state index in [1.54, 1.807) is 6.92 Å². The Hall–Kier alpha value is 0.0700. The first-order chi connectivity index (χ1) is 4.76. The zero-order chi connectivity index (χ0) is 7.98. The van der Waals surface area contributed by atoms with Gasteiger partial charge in [-0.05, 0) is 28.6 Å². The molecule has 0 bridgehead atoms. The van der Waals surface area contributed by atoms with E-state index in [4.69, 9.17) is 15.4 Å². The van der Waals surface area contributed by atoms with Gasteiger partial charge in [0.2, 0.25) is 5.44 Å². The van der Waals surface area contributed by atoms with Gasteiger partial charge < -0.3 is 9.47 Å².